The highest BCUT2D eigenvalue weighted by Gasteiger charge is 2.07. The van der Waals surface area contributed by atoms with Gasteiger partial charge in [-0.2, -0.15) is 0 Å². The Morgan fingerprint density at radius 1 is 1.10 bits per heavy atom. The molecule has 0 atom stereocenters. The Kier molecular flexibility index (Phi) is 4.13. The number of methoxy groups -OCH3 is 1. The fraction of sp³-hybridized carbons (Fsp3) is 0.176. The van der Waals surface area contributed by atoms with Crippen LogP contribution in [0, 0.1) is 0 Å². The third-order valence-corrected chi connectivity index (χ3v) is 3.94. The number of benzene rings is 2. The molecule has 0 unspecified atom stereocenters. The van der Waals surface area contributed by atoms with Crippen LogP contribution in [0.1, 0.15) is 11.1 Å². The van der Waals surface area contributed by atoms with Gasteiger partial charge in [-0.1, -0.05) is 35.9 Å². The Balaban J connectivity index is 1.73. The minimum atomic E-state index is 0.667. The molecule has 0 bridgehead atoms. The van der Waals surface area contributed by atoms with E-state index in [4.69, 9.17) is 16.3 Å². The van der Waals surface area contributed by atoms with Crippen LogP contribution in [0.3, 0.4) is 0 Å². The van der Waals surface area contributed by atoms with Crippen LogP contribution in [-0.2, 0) is 13.1 Å². The summed E-state index contributed by atoms with van der Waals surface area (Å²) >= 11 is 6.24. The van der Waals surface area contributed by atoms with E-state index in [0.29, 0.717) is 6.54 Å². The molecule has 0 amide bonds. The number of ether oxygens (including phenoxy) is 1. The second kappa shape index (κ2) is 6.20. The lowest BCUT2D eigenvalue weighted by Crippen LogP contribution is -2.14. The molecular weight excluding hydrogens is 284 g/mol. The number of H-pyrrole nitrogens is 1. The monoisotopic (exact) mass is 300 g/mol. The summed E-state index contributed by atoms with van der Waals surface area (Å²) in [6, 6.07) is 14.1. The van der Waals surface area contributed by atoms with Gasteiger partial charge in [-0.05, 0) is 29.1 Å². The molecular formula is C17H17ClN2O. The average Bonchev–Trinajstić information content (AvgIpc) is 2.98. The zero-order valence-corrected chi connectivity index (χ0v) is 12.6. The largest absolute Gasteiger partial charge is 0.496 e. The van der Waals surface area contributed by atoms with Crippen molar-refractivity contribution in [3.8, 4) is 5.75 Å². The topological polar surface area (TPSA) is 37.0 Å². The molecule has 0 spiro atoms. The molecule has 2 N–H and O–H groups in total. The molecule has 0 aliphatic heterocycles. The van der Waals surface area contributed by atoms with Crippen molar-refractivity contribution in [3.63, 3.8) is 0 Å². The molecule has 3 nitrogen and oxygen atoms in total. The van der Waals surface area contributed by atoms with Gasteiger partial charge in [-0.15, -0.1) is 0 Å². The normalized spacial score (nSPS) is 11.0. The zero-order chi connectivity index (χ0) is 14.7. The van der Waals surface area contributed by atoms with E-state index in [1.54, 1.807) is 7.11 Å². The molecule has 21 heavy (non-hydrogen) atoms. The smallest absolute Gasteiger partial charge is 0.124 e. The predicted octanol–water partition coefficient (Wildman–Crippen LogP) is 4.12. The van der Waals surface area contributed by atoms with E-state index in [9.17, 15) is 0 Å². The zero-order valence-electron chi connectivity index (χ0n) is 11.8. The Bertz CT molecular complexity index is 751. The van der Waals surface area contributed by atoms with E-state index in [-0.39, 0.29) is 0 Å². The lowest BCUT2D eigenvalue weighted by molar-refractivity contribution is 0.407. The lowest BCUT2D eigenvalue weighted by atomic mass is 10.1. The first-order valence-electron chi connectivity index (χ1n) is 6.86. The van der Waals surface area contributed by atoms with Gasteiger partial charge in [0.1, 0.15) is 5.75 Å². The van der Waals surface area contributed by atoms with E-state index < -0.39 is 0 Å². The number of fused-ring (bicyclic) bond motifs is 1. The fourth-order valence-corrected chi connectivity index (χ4v) is 2.75. The number of hydrogen-bond donors (Lipinski definition) is 2. The summed E-state index contributed by atoms with van der Waals surface area (Å²) in [6.07, 6.45) is 1.96. The number of para-hydroxylation sites is 1. The highest BCUT2D eigenvalue weighted by atomic mass is 35.5. The number of rotatable bonds is 5. The fourth-order valence-electron chi connectivity index (χ4n) is 2.52. The van der Waals surface area contributed by atoms with Crippen molar-refractivity contribution < 1.29 is 4.74 Å². The third kappa shape index (κ3) is 2.89. The molecule has 2 aromatic carbocycles. The molecule has 108 valence electrons. The van der Waals surface area contributed by atoms with Crippen LogP contribution in [-0.4, -0.2) is 12.1 Å². The number of aromatic amines is 1. The van der Waals surface area contributed by atoms with Crippen LogP contribution < -0.4 is 10.1 Å². The molecule has 3 aromatic rings. The Morgan fingerprint density at radius 2 is 1.95 bits per heavy atom. The van der Waals surface area contributed by atoms with E-state index >= 15 is 0 Å². The van der Waals surface area contributed by atoms with Crippen molar-refractivity contribution in [2.24, 2.45) is 0 Å². The number of hydrogen-bond acceptors (Lipinski definition) is 2. The van der Waals surface area contributed by atoms with Gasteiger partial charge in [0, 0.05) is 35.4 Å². The quantitative estimate of drug-likeness (QED) is 0.744. The van der Waals surface area contributed by atoms with Gasteiger partial charge in [0.25, 0.3) is 0 Å². The van der Waals surface area contributed by atoms with Crippen molar-refractivity contribution in [3.05, 3.63) is 64.8 Å². The van der Waals surface area contributed by atoms with Crippen molar-refractivity contribution >= 4 is 22.5 Å². The third-order valence-electron chi connectivity index (χ3n) is 3.59. The maximum Gasteiger partial charge on any atom is 0.124 e. The van der Waals surface area contributed by atoms with Gasteiger partial charge in [-0.25, -0.2) is 0 Å². The first-order chi connectivity index (χ1) is 10.3. The molecule has 1 aromatic heterocycles. The van der Waals surface area contributed by atoms with Crippen molar-refractivity contribution in [2.45, 2.75) is 13.1 Å². The van der Waals surface area contributed by atoms with Gasteiger partial charge in [-0.3, -0.25) is 0 Å². The summed E-state index contributed by atoms with van der Waals surface area (Å²) in [6.45, 7) is 1.44. The van der Waals surface area contributed by atoms with Crippen LogP contribution >= 0.6 is 11.6 Å². The summed E-state index contributed by atoms with van der Waals surface area (Å²) in [5.74, 6) is 0.813. The van der Waals surface area contributed by atoms with Crippen molar-refractivity contribution in [1.29, 1.82) is 0 Å². The first-order valence-corrected chi connectivity index (χ1v) is 7.24. The van der Waals surface area contributed by atoms with Crippen LogP contribution in [0.4, 0.5) is 0 Å². The van der Waals surface area contributed by atoms with Crippen molar-refractivity contribution in [1.82, 2.24) is 10.3 Å². The van der Waals surface area contributed by atoms with E-state index in [0.717, 1.165) is 22.9 Å². The molecule has 0 saturated carbocycles. The van der Waals surface area contributed by atoms with E-state index in [2.05, 4.69) is 34.6 Å². The van der Waals surface area contributed by atoms with Gasteiger partial charge >= 0.3 is 0 Å². The summed E-state index contributed by atoms with van der Waals surface area (Å²) < 4.78 is 5.36. The molecule has 0 fully saturated rings. The van der Waals surface area contributed by atoms with Gasteiger partial charge < -0.3 is 15.0 Å². The predicted molar refractivity (Wildman–Crippen MR) is 86.8 cm³/mol. The standard InChI is InChI=1S/C17H17ClN2O/c1-21-16-7-3-6-15(18)14(16)11-19-10-13-5-2-4-12-8-9-20-17(12)13/h2-9,19-20H,10-11H2,1H3. The summed E-state index contributed by atoms with van der Waals surface area (Å²) in [5, 5.41) is 5.38. The number of aromatic nitrogens is 1. The van der Waals surface area contributed by atoms with Crippen LogP contribution in [0.15, 0.2) is 48.7 Å². The van der Waals surface area contributed by atoms with Crippen LogP contribution in [0.25, 0.3) is 10.9 Å². The number of halogens is 1. The molecule has 0 radical (unpaired) electrons. The second-order valence-electron chi connectivity index (χ2n) is 4.88. The minimum Gasteiger partial charge on any atom is -0.496 e. The van der Waals surface area contributed by atoms with E-state index in [1.807, 2.05) is 24.4 Å². The second-order valence-corrected chi connectivity index (χ2v) is 5.29. The molecule has 0 aliphatic rings. The average molecular weight is 301 g/mol. The Labute approximate surface area is 128 Å². The highest BCUT2D eigenvalue weighted by Crippen LogP contribution is 2.26. The lowest BCUT2D eigenvalue weighted by Gasteiger charge is -2.11. The van der Waals surface area contributed by atoms with Crippen LogP contribution in [0.5, 0.6) is 5.75 Å². The van der Waals surface area contributed by atoms with Gasteiger partial charge in [0.15, 0.2) is 0 Å². The summed E-state index contributed by atoms with van der Waals surface area (Å²) in [7, 11) is 1.66. The van der Waals surface area contributed by atoms with Crippen molar-refractivity contribution in [2.75, 3.05) is 7.11 Å². The van der Waals surface area contributed by atoms with E-state index in [1.165, 1.54) is 16.5 Å². The SMILES string of the molecule is COc1cccc(Cl)c1CNCc1cccc2cc[nH]c12. The highest BCUT2D eigenvalue weighted by molar-refractivity contribution is 6.31. The molecule has 1 heterocycles. The molecule has 4 heteroatoms. The summed E-state index contributed by atoms with van der Waals surface area (Å²) in [4.78, 5) is 3.28. The first kappa shape index (κ1) is 14.0. The Hall–Kier alpha value is -1.97. The van der Waals surface area contributed by atoms with Gasteiger partial charge in [0.05, 0.1) is 7.11 Å². The molecule has 3 rings (SSSR count). The number of nitrogens with one attached hydrogen (secondary N) is 2. The maximum absolute atomic E-state index is 6.24. The van der Waals surface area contributed by atoms with Gasteiger partial charge in [0.2, 0.25) is 0 Å². The van der Waals surface area contributed by atoms with Crippen LogP contribution in [0.2, 0.25) is 5.02 Å². The minimum absolute atomic E-state index is 0.667. The summed E-state index contributed by atoms with van der Waals surface area (Å²) in [5.41, 5.74) is 3.40. The molecule has 0 aliphatic carbocycles. The molecule has 0 saturated heterocycles. The Morgan fingerprint density at radius 3 is 2.81 bits per heavy atom. The maximum atomic E-state index is 6.24.